The third-order valence-electron chi connectivity index (χ3n) is 3.61. The van der Waals surface area contributed by atoms with E-state index in [-0.39, 0.29) is 0 Å². The molecule has 0 radical (unpaired) electrons. The van der Waals surface area contributed by atoms with Gasteiger partial charge in [-0.2, -0.15) is 0 Å². The van der Waals surface area contributed by atoms with E-state index in [4.69, 9.17) is 4.98 Å². The van der Waals surface area contributed by atoms with Crippen LogP contribution in [0, 0.1) is 0 Å². The van der Waals surface area contributed by atoms with Crippen molar-refractivity contribution in [3.8, 4) is 0 Å². The second kappa shape index (κ2) is 7.25. The molecule has 1 heterocycles. The lowest BCUT2D eigenvalue weighted by molar-refractivity contribution is 0.731. The van der Waals surface area contributed by atoms with Crippen LogP contribution in [0.2, 0.25) is 0 Å². The number of para-hydroxylation sites is 1. The number of nitrogens with zero attached hydrogens (tertiary/aromatic N) is 2. The van der Waals surface area contributed by atoms with Gasteiger partial charge in [0.15, 0.2) is 0 Å². The summed E-state index contributed by atoms with van der Waals surface area (Å²) in [4.78, 5) is 7.20. The van der Waals surface area contributed by atoms with Gasteiger partial charge in [0.2, 0.25) is 0 Å². The van der Waals surface area contributed by atoms with Gasteiger partial charge in [0.05, 0.1) is 11.2 Å². The molecule has 1 aromatic heterocycles. The fourth-order valence-electron chi connectivity index (χ4n) is 2.54. The molecule has 0 atom stereocenters. The average molecular weight is 271 g/mol. The van der Waals surface area contributed by atoms with Gasteiger partial charge in [-0.15, -0.1) is 0 Å². The van der Waals surface area contributed by atoms with Crippen molar-refractivity contribution in [3.63, 3.8) is 0 Å². The quantitative estimate of drug-likeness (QED) is 0.834. The highest BCUT2D eigenvalue weighted by atomic mass is 15.1. The number of nitrogens with one attached hydrogen (secondary N) is 1. The zero-order valence-corrected chi connectivity index (χ0v) is 12.8. The molecule has 3 nitrogen and oxygen atoms in total. The number of rotatable bonds is 7. The van der Waals surface area contributed by atoms with Crippen LogP contribution in [0.1, 0.15) is 32.4 Å². The van der Waals surface area contributed by atoms with Crippen LogP contribution in [0.3, 0.4) is 0 Å². The molecule has 1 N–H and O–H groups in total. The molecule has 108 valence electrons. The smallest absolute Gasteiger partial charge is 0.0726 e. The topological polar surface area (TPSA) is 28.2 Å². The first-order valence-corrected chi connectivity index (χ1v) is 7.58. The Hall–Kier alpha value is -1.61. The van der Waals surface area contributed by atoms with Crippen molar-refractivity contribution in [3.05, 3.63) is 36.0 Å². The predicted octanol–water partition coefficient (Wildman–Crippen LogP) is 3.58. The normalized spacial score (nSPS) is 10.9. The summed E-state index contributed by atoms with van der Waals surface area (Å²) in [5.74, 6) is 0. The number of hydrogen-bond donors (Lipinski definition) is 1. The molecule has 3 heteroatoms. The summed E-state index contributed by atoms with van der Waals surface area (Å²) in [5.41, 5.74) is 3.51. The third kappa shape index (κ3) is 3.28. The van der Waals surface area contributed by atoms with Gasteiger partial charge in [0.25, 0.3) is 0 Å². The van der Waals surface area contributed by atoms with Crippen molar-refractivity contribution >= 4 is 16.6 Å². The number of aromatic nitrogens is 1. The molecule has 0 fully saturated rings. The van der Waals surface area contributed by atoms with Crippen LogP contribution in [-0.4, -0.2) is 25.1 Å². The second-order valence-electron chi connectivity index (χ2n) is 5.11. The Labute approximate surface area is 122 Å². The Balaban J connectivity index is 2.47. The van der Waals surface area contributed by atoms with Crippen molar-refractivity contribution in [2.75, 3.05) is 25.0 Å². The Kier molecular flexibility index (Phi) is 5.36. The highest BCUT2D eigenvalue weighted by Crippen LogP contribution is 2.27. The van der Waals surface area contributed by atoms with Crippen molar-refractivity contribution in [1.82, 2.24) is 10.3 Å². The summed E-state index contributed by atoms with van der Waals surface area (Å²) >= 11 is 0. The molecule has 0 saturated heterocycles. The van der Waals surface area contributed by atoms with E-state index in [0.29, 0.717) is 0 Å². The first-order chi connectivity index (χ1) is 9.80. The molecule has 0 bridgehead atoms. The first-order valence-electron chi connectivity index (χ1n) is 7.58. The van der Waals surface area contributed by atoms with Gasteiger partial charge in [0.1, 0.15) is 0 Å². The maximum atomic E-state index is 4.73. The van der Waals surface area contributed by atoms with Gasteiger partial charge >= 0.3 is 0 Å². The van der Waals surface area contributed by atoms with Crippen molar-refractivity contribution in [1.29, 1.82) is 0 Å². The minimum atomic E-state index is 0.809. The molecule has 0 aliphatic carbocycles. The molecule has 2 rings (SSSR count). The Morgan fingerprint density at radius 2 is 2.00 bits per heavy atom. The van der Waals surface area contributed by atoms with Crippen molar-refractivity contribution < 1.29 is 0 Å². The largest absolute Gasteiger partial charge is 0.371 e. The van der Waals surface area contributed by atoms with E-state index in [0.717, 1.165) is 30.8 Å². The zero-order valence-electron chi connectivity index (χ0n) is 12.8. The maximum absolute atomic E-state index is 4.73. The van der Waals surface area contributed by atoms with E-state index in [1.54, 1.807) is 0 Å². The summed E-state index contributed by atoms with van der Waals surface area (Å²) in [5, 5.41) is 4.45. The van der Waals surface area contributed by atoms with Crippen LogP contribution in [0.25, 0.3) is 10.9 Å². The highest BCUT2D eigenvalue weighted by molar-refractivity contribution is 5.92. The first kappa shape index (κ1) is 14.8. The predicted molar refractivity (Wildman–Crippen MR) is 87.3 cm³/mol. The van der Waals surface area contributed by atoms with Crippen LogP contribution in [0.4, 0.5) is 5.69 Å². The Morgan fingerprint density at radius 3 is 2.70 bits per heavy atom. The van der Waals surface area contributed by atoms with Crippen molar-refractivity contribution in [2.24, 2.45) is 0 Å². The number of anilines is 1. The molecule has 0 saturated carbocycles. The zero-order chi connectivity index (χ0) is 14.4. The number of hydrogen-bond acceptors (Lipinski definition) is 3. The summed E-state index contributed by atoms with van der Waals surface area (Å²) < 4.78 is 0. The van der Waals surface area contributed by atoms with Crippen LogP contribution in [0.15, 0.2) is 30.3 Å². The average Bonchev–Trinajstić information content (AvgIpc) is 2.48. The molecule has 0 amide bonds. The lowest BCUT2D eigenvalue weighted by Crippen LogP contribution is -2.24. The van der Waals surface area contributed by atoms with Gasteiger partial charge < -0.3 is 10.2 Å². The molecule has 2 aromatic rings. The fraction of sp³-hybridized carbons (Fsp3) is 0.471. The van der Waals surface area contributed by atoms with E-state index in [9.17, 15) is 0 Å². The van der Waals surface area contributed by atoms with Crippen LogP contribution in [0.5, 0.6) is 0 Å². The summed E-state index contributed by atoms with van der Waals surface area (Å²) in [6, 6.07) is 10.7. The Morgan fingerprint density at radius 1 is 1.20 bits per heavy atom. The van der Waals surface area contributed by atoms with Crippen LogP contribution < -0.4 is 10.2 Å². The van der Waals surface area contributed by atoms with E-state index in [1.807, 2.05) is 7.05 Å². The van der Waals surface area contributed by atoms with E-state index < -0.39 is 0 Å². The fourth-order valence-corrected chi connectivity index (χ4v) is 2.54. The molecular weight excluding hydrogens is 246 g/mol. The molecule has 0 aliphatic heterocycles. The minimum Gasteiger partial charge on any atom is -0.371 e. The monoisotopic (exact) mass is 271 g/mol. The van der Waals surface area contributed by atoms with Gasteiger partial charge in [-0.25, -0.2) is 0 Å². The minimum absolute atomic E-state index is 0.809. The van der Waals surface area contributed by atoms with Gasteiger partial charge in [-0.1, -0.05) is 31.5 Å². The summed E-state index contributed by atoms with van der Waals surface area (Å²) in [6.07, 6.45) is 2.45. The Bertz CT molecular complexity index is 551. The summed E-state index contributed by atoms with van der Waals surface area (Å²) in [7, 11) is 1.96. The van der Waals surface area contributed by atoms with E-state index in [1.165, 1.54) is 23.9 Å². The molecule has 20 heavy (non-hydrogen) atoms. The van der Waals surface area contributed by atoms with E-state index in [2.05, 4.69) is 54.4 Å². The SMILES string of the molecule is CCCCN(CC)c1cc(CNC)nc2ccccc12. The van der Waals surface area contributed by atoms with Gasteiger partial charge in [-0.3, -0.25) is 4.98 Å². The lowest BCUT2D eigenvalue weighted by atomic mass is 10.1. The number of benzene rings is 1. The number of fused-ring (bicyclic) bond motifs is 1. The molecular formula is C17H25N3. The molecule has 1 aromatic carbocycles. The number of pyridine rings is 1. The van der Waals surface area contributed by atoms with Gasteiger partial charge in [-0.05, 0) is 32.5 Å². The lowest BCUT2D eigenvalue weighted by Gasteiger charge is -2.25. The second-order valence-corrected chi connectivity index (χ2v) is 5.11. The van der Waals surface area contributed by atoms with Crippen molar-refractivity contribution in [2.45, 2.75) is 33.2 Å². The molecule has 0 unspecified atom stereocenters. The van der Waals surface area contributed by atoms with Crippen LogP contribution >= 0.6 is 0 Å². The number of unbranched alkanes of at least 4 members (excludes halogenated alkanes) is 1. The molecule has 0 aliphatic rings. The molecule has 0 spiro atoms. The highest BCUT2D eigenvalue weighted by Gasteiger charge is 2.10. The standard InChI is InChI=1S/C17H25N3/c1-4-6-11-20(5-2)17-12-14(13-18-3)19-16-10-8-7-9-15(16)17/h7-10,12,18H,4-6,11,13H2,1-3H3. The van der Waals surface area contributed by atoms with Crippen LogP contribution in [-0.2, 0) is 6.54 Å². The van der Waals surface area contributed by atoms with E-state index >= 15 is 0 Å². The van der Waals surface area contributed by atoms with Gasteiger partial charge in [0, 0.05) is 30.7 Å². The maximum Gasteiger partial charge on any atom is 0.0726 e. The third-order valence-corrected chi connectivity index (χ3v) is 3.61. The summed E-state index contributed by atoms with van der Waals surface area (Å²) in [6.45, 7) is 7.42.